The van der Waals surface area contributed by atoms with Crippen LogP contribution in [-0.2, 0) is 0 Å². The van der Waals surface area contributed by atoms with Crippen LogP contribution in [0.15, 0.2) is 42.5 Å². The summed E-state index contributed by atoms with van der Waals surface area (Å²) in [5.41, 5.74) is 1.01. The fraction of sp³-hybridized carbons (Fsp3) is 0.480. The van der Waals surface area contributed by atoms with E-state index in [9.17, 15) is 4.79 Å². The molecule has 0 aliphatic heterocycles. The Kier molecular flexibility index (Phi) is 11.2. The third-order valence-electron chi connectivity index (χ3n) is 4.62. The topological polar surface area (TPSA) is 35.5 Å². The van der Waals surface area contributed by atoms with Gasteiger partial charge in [0.15, 0.2) is 10.8 Å². The monoisotopic (exact) mass is 414 g/mol. The van der Waals surface area contributed by atoms with Crippen LogP contribution in [0, 0.1) is 0 Å². The average Bonchev–Trinajstić information content (AvgIpc) is 3.15. The van der Waals surface area contributed by atoms with Crippen LogP contribution >= 0.6 is 11.3 Å². The largest absolute Gasteiger partial charge is 0.492 e. The number of thiophene rings is 1. The van der Waals surface area contributed by atoms with Gasteiger partial charge < -0.3 is 9.47 Å². The number of unbranched alkanes of at least 4 members (excludes halogenated alkanes) is 6. The number of carbonyl (C=O) groups excluding carboxylic acids is 1. The number of carbonyl (C=O) groups is 1. The van der Waals surface area contributed by atoms with Crippen molar-refractivity contribution in [1.82, 2.24) is 0 Å². The molecule has 1 aromatic heterocycles. The van der Waals surface area contributed by atoms with Gasteiger partial charge in [-0.05, 0) is 24.5 Å². The maximum Gasteiger partial charge on any atom is 0.199 e. The summed E-state index contributed by atoms with van der Waals surface area (Å²) in [5.74, 6) is 0.612. The predicted molar refractivity (Wildman–Crippen MR) is 123 cm³/mol. The Morgan fingerprint density at radius 1 is 0.897 bits per heavy atom. The molecule has 2 rings (SSSR count). The molecule has 29 heavy (non-hydrogen) atoms. The Hall–Kier alpha value is -2.07. The van der Waals surface area contributed by atoms with E-state index < -0.39 is 0 Å². The zero-order valence-electron chi connectivity index (χ0n) is 17.8. The maximum absolute atomic E-state index is 12.8. The lowest BCUT2D eigenvalue weighted by molar-refractivity contribution is 0.104. The number of ketones is 1. The number of ether oxygens (including phenoxy) is 2. The standard InChI is InChI=1S/C25H34O3S/c1-3-5-7-12-18-27-23-20-24(28-19-13-8-6-4-2)29-25(23)22(26)17-16-21-14-10-9-11-15-21/h9-11,14-17,20H,3-8,12-13,18-19H2,1-2H3. The van der Waals surface area contributed by atoms with E-state index in [0.29, 0.717) is 23.8 Å². The van der Waals surface area contributed by atoms with Crippen molar-refractivity contribution in [2.45, 2.75) is 65.2 Å². The molecule has 1 aromatic carbocycles. The van der Waals surface area contributed by atoms with Crippen molar-refractivity contribution >= 4 is 23.2 Å². The van der Waals surface area contributed by atoms with Crippen molar-refractivity contribution in [3.8, 4) is 10.8 Å². The van der Waals surface area contributed by atoms with Gasteiger partial charge in [0.1, 0.15) is 10.6 Å². The Morgan fingerprint density at radius 2 is 1.55 bits per heavy atom. The van der Waals surface area contributed by atoms with Gasteiger partial charge in [0.2, 0.25) is 0 Å². The molecule has 0 spiro atoms. The molecule has 4 heteroatoms. The molecule has 0 bridgehead atoms. The number of rotatable bonds is 15. The second-order valence-electron chi connectivity index (χ2n) is 7.19. The second kappa shape index (κ2) is 14.0. The van der Waals surface area contributed by atoms with E-state index in [1.165, 1.54) is 43.4 Å². The predicted octanol–water partition coefficient (Wildman–Crippen LogP) is 7.56. The van der Waals surface area contributed by atoms with Crippen LogP contribution in [0.25, 0.3) is 6.08 Å². The molecule has 0 radical (unpaired) electrons. The van der Waals surface area contributed by atoms with Crippen molar-refractivity contribution in [1.29, 1.82) is 0 Å². The van der Waals surface area contributed by atoms with Crippen LogP contribution in [0.4, 0.5) is 0 Å². The highest BCUT2D eigenvalue weighted by atomic mass is 32.1. The highest BCUT2D eigenvalue weighted by Gasteiger charge is 2.17. The summed E-state index contributed by atoms with van der Waals surface area (Å²) in [6, 6.07) is 11.7. The molecule has 0 aliphatic carbocycles. The molecule has 1 heterocycles. The van der Waals surface area contributed by atoms with Crippen molar-refractivity contribution in [2.24, 2.45) is 0 Å². The molecule has 0 saturated heterocycles. The van der Waals surface area contributed by atoms with E-state index in [1.54, 1.807) is 6.08 Å². The smallest absolute Gasteiger partial charge is 0.199 e. The van der Waals surface area contributed by atoms with Crippen LogP contribution in [0.5, 0.6) is 10.8 Å². The summed E-state index contributed by atoms with van der Waals surface area (Å²) in [6.45, 7) is 5.71. The molecule has 0 N–H and O–H groups in total. The average molecular weight is 415 g/mol. The molecule has 0 unspecified atom stereocenters. The number of hydrogen-bond donors (Lipinski definition) is 0. The summed E-state index contributed by atoms with van der Waals surface area (Å²) < 4.78 is 11.9. The Balaban J connectivity index is 2.01. The van der Waals surface area contributed by atoms with Gasteiger partial charge in [0.25, 0.3) is 0 Å². The molecule has 158 valence electrons. The summed E-state index contributed by atoms with van der Waals surface area (Å²) in [4.78, 5) is 13.4. The van der Waals surface area contributed by atoms with E-state index in [1.807, 2.05) is 42.5 Å². The fourth-order valence-electron chi connectivity index (χ4n) is 2.93. The second-order valence-corrected chi connectivity index (χ2v) is 8.20. The third kappa shape index (κ3) is 8.86. The van der Waals surface area contributed by atoms with Gasteiger partial charge in [-0.3, -0.25) is 4.79 Å². The molecule has 0 amide bonds. The van der Waals surface area contributed by atoms with Crippen molar-refractivity contribution in [3.63, 3.8) is 0 Å². The van der Waals surface area contributed by atoms with Gasteiger partial charge >= 0.3 is 0 Å². The SMILES string of the molecule is CCCCCCOc1cc(OCCCCCC)c(C(=O)C=Cc2ccccc2)s1. The van der Waals surface area contributed by atoms with Gasteiger partial charge in [0, 0.05) is 6.07 Å². The van der Waals surface area contributed by atoms with Gasteiger partial charge in [-0.2, -0.15) is 0 Å². The first-order valence-corrected chi connectivity index (χ1v) is 11.7. The minimum atomic E-state index is -0.0387. The quantitative estimate of drug-likeness (QED) is 0.171. The summed E-state index contributed by atoms with van der Waals surface area (Å²) in [7, 11) is 0. The number of allylic oxidation sites excluding steroid dienone is 1. The molecule has 0 atom stereocenters. The van der Waals surface area contributed by atoms with Gasteiger partial charge in [0.05, 0.1) is 13.2 Å². The van der Waals surface area contributed by atoms with E-state index in [-0.39, 0.29) is 5.78 Å². The number of benzene rings is 1. The highest BCUT2D eigenvalue weighted by Crippen LogP contribution is 2.36. The first kappa shape index (κ1) is 23.2. The molecule has 0 fully saturated rings. The minimum absolute atomic E-state index is 0.0387. The van der Waals surface area contributed by atoms with Gasteiger partial charge in [-0.25, -0.2) is 0 Å². The minimum Gasteiger partial charge on any atom is -0.492 e. The lowest BCUT2D eigenvalue weighted by atomic mass is 10.2. The molecule has 3 nitrogen and oxygen atoms in total. The van der Waals surface area contributed by atoms with Crippen molar-refractivity contribution in [2.75, 3.05) is 13.2 Å². The van der Waals surface area contributed by atoms with E-state index in [4.69, 9.17) is 9.47 Å². The fourth-order valence-corrected chi connectivity index (χ4v) is 3.82. The molecule has 2 aromatic rings. The summed E-state index contributed by atoms with van der Waals surface area (Å²) in [6.07, 6.45) is 12.7. The number of hydrogen-bond acceptors (Lipinski definition) is 4. The molecular weight excluding hydrogens is 380 g/mol. The highest BCUT2D eigenvalue weighted by molar-refractivity contribution is 7.16. The molecular formula is C25H34O3S. The van der Waals surface area contributed by atoms with E-state index in [2.05, 4.69) is 13.8 Å². The van der Waals surface area contributed by atoms with Crippen LogP contribution < -0.4 is 9.47 Å². The van der Waals surface area contributed by atoms with E-state index >= 15 is 0 Å². The van der Waals surface area contributed by atoms with Gasteiger partial charge in [-0.15, -0.1) is 0 Å². The first-order chi connectivity index (χ1) is 14.2. The normalized spacial score (nSPS) is 11.1. The molecule has 0 aliphatic rings. The van der Waals surface area contributed by atoms with Crippen LogP contribution in [0.1, 0.15) is 80.4 Å². The lowest BCUT2D eigenvalue weighted by Crippen LogP contribution is -2.00. The summed E-state index contributed by atoms with van der Waals surface area (Å²) in [5, 5.41) is 0.765. The Morgan fingerprint density at radius 3 is 2.21 bits per heavy atom. The van der Waals surface area contributed by atoms with Crippen molar-refractivity contribution < 1.29 is 14.3 Å². The van der Waals surface area contributed by atoms with Crippen LogP contribution in [0.3, 0.4) is 0 Å². The first-order valence-electron chi connectivity index (χ1n) is 10.9. The third-order valence-corrected chi connectivity index (χ3v) is 5.67. The van der Waals surface area contributed by atoms with Crippen LogP contribution in [-0.4, -0.2) is 19.0 Å². The molecule has 0 saturated carbocycles. The lowest BCUT2D eigenvalue weighted by Gasteiger charge is -2.05. The van der Waals surface area contributed by atoms with Gasteiger partial charge in [-0.1, -0.05) is 100 Å². The Labute approximate surface area is 179 Å². The van der Waals surface area contributed by atoms with Crippen LogP contribution in [0.2, 0.25) is 0 Å². The zero-order chi connectivity index (χ0) is 20.7. The van der Waals surface area contributed by atoms with Crippen molar-refractivity contribution in [3.05, 3.63) is 52.9 Å². The maximum atomic E-state index is 12.8. The summed E-state index contributed by atoms with van der Waals surface area (Å²) >= 11 is 1.39. The zero-order valence-corrected chi connectivity index (χ0v) is 18.6. The van der Waals surface area contributed by atoms with E-state index in [0.717, 1.165) is 29.9 Å². The Bertz CT molecular complexity index is 734.